The normalized spacial score (nSPS) is 15.8. The van der Waals surface area contributed by atoms with Gasteiger partial charge in [0.05, 0.1) is 12.7 Å². The van der Waals surface area contributed by atoms with Crippen LogP contribution in [0, 0.1) is 0 Å². The van der Waals surface area contributed by atoms with E-state index in [4.69, 9.17) is 4.74 Å². The molecular formula is C23H22N2O2. The molecular weight excluding hydrogens is 336 g/mol. The first-order valence-corrected chi connectivity index (χ1v) is 9.10. The first kappa shape index (κ1) is 17.2. The molecule has 3 aromatic rings. The fraction of sp³-hybridized carbons (Fsp3) is 0.174. The predicted octanol–water partition coefficient (Wildman–Crippen LogP) is 4.50. The standard InChI is InChI=1S/C23H22N2O2/c1-27-19-13-11-18(12-14-19)22-24-21-10-6-5-9-20(21)23(26)25(22)16-15-17-7-3-2-4-8-17/h2-14,22,24H,15-16H2,1H3/t22-/m0/s1. The highest BCUT2D eigenvalue weighted by atomic mass is 16.5. The molecule has 0 unspecified atom stereocenters. The molecule has 0 fully saturated rings. The van der Waals surface area contributed by atoms with Gasteiger partial charge in [-0.1, -0.05) is 54.6 Å². The number of carbonyl (C=O) groups is 1. The second kappa shape index (κ2) is 7.54. The highest BCUT2D eigenvalue weighted by Gasteiger charge is 2.32. The third-order valence-corrected chi connectivity index (χ3v) is 4.94. The van der Waals surface area contributed by atoms with Gasteiger partial charge in [-0.25, -0.2) is 0 Å². The number of hydrogen-bond donors (Lipinski definition) is 1. The van der Waals surface area contributed by atoms with E-state index in [-0.39, 0.29) is 12.1 Å². The van der Waals surface area contributed by atoms with Gasteiger partial charge in [0.1, 0.15) is 11.9 Å². The summed E-state index contributed by atoms with van der Waals surface area (Å²) in [5.41, 5.74) is 3.85. The monoisotopic (exact) mass is 358 g/mol. The number of anilines is 1. The molecule has 0 spiro atoms. The second-order valence-electron chi connectivity index (χ2n) is 6.60. The molecule has 1 N–H and O–H groups in total. The summed E-state index contributed by atoms with van der Waals surface area (Å²) in [5.74, 6) is 0.859. The maximum absolute atomic E-state index is 13.2. The molecule has 1 heterocycles. The number of methoxy groups -OCH3 is 1. The molecule has 0 aromatic heterocycles. The zero-order valence-electron chi connectivity index (χ0n) is 15.3. The number of nitrogens with zero attached hydrogens (tertiary/aromatic N) is 1. The fourth-order valence-electron chi connectivity index (χ4n) is 3.47. The summed E-state index contributed by atoms with van der Waals surface area (Å²) in [7, 11) is 1.65. The zero-order valence-corrected chi connectivity index (χ0v) is 15.3. The number of fused-ring (bicyclic) bond motifs is 1. The second-order valence-corrected chi connectivity index (χ2v) is 6.60. The van der Waals surface area contributed by atoms with E-state index in [9.17, 15) is 4.79 Å². The molecule has 0 aliphatic carbocycles. The van der Waals surface area contributed by atoms with Crippen LogP contribution < -0.4 is 10.1 Å². The van der Waals surface area contributed by atoms with Gasteiger partial charge in [-0.05, 0) is 41.8 Å². The van der Waals surface area contributed by atoms with E-state index >= 15 is 0 Å². The SMILES string of the molecule is COc1ccc([C@H]2Nc3ccccc3C(=O)N2CCc2ccccc2)cc1. The largest absolute Gasteiger partial charge is 0.497 e. The number of ether oxygens (including phenoxy) is 1. The van der Waals surface area contributed by atoms with Crippen molar-refractivity contribution < 1.29 is 9.53 Å². The van der Waals surface area contributed by atoms with Crippen molar-refractivity contribution in [1.29, 1.82) is 0 Å². The van der Waals surface area contributed by atoms with Gasteiger partial charge < -0.3 is 15.0 Å². The van der Waals surface area contributed by atoms with Crippen LogP contribution in [0.1, 0.15) is 27.7 Å². The smallest absolute Gasteiger partial charge is 0.257 e. The van der Waals surface area contributed by atoms with Crippen molar-refractivity contribution in [2.45, 2.75) is 12.6 Å². The molecule has 1 atom stereocenters. The van der Waals surface area contributed by atoms with Crippen molar-refractivity contribution in [3.63, 3.8) is 0 Å². The Morgan fingerprint density at radius 3 is 2.37 bits per heavy atom. The van der Waals surface area contributed by atoms with Crippen molar-refractivity contribution >= 4 is 11.6 Å². The molecule has 0 bridgehead atoms. The fourth-order valence-corrected chi connectivity index (χ4v) is 3.47. The number of amides is 1. The van der Waals surface area contributed by atoms with Gasteiger partial charge in [-0.3, -0.25) is 4.79 Å². The third-order valence-electron chi connectivity index (χ3n) is 4.94. The van der Waals surface area contributed by atoms with Crippen LogP contribution in [0.4, 0.5) is 5.69 Å². The Bertz CT molecular complexity index is 923. The Morgan fingerprint density at radius 2 is 1.63 bits per heavy atom. The highest BCUT2D eigenvalue weighted by Crippen LogP contribution is 2.33. The minimum absolute atomic E-state index is 0.0566. The first-order valence-electron chi connectivity index (χ1n) is 9.10. The lowest BCUT2D eigenvalue weighted by Gasteiger charge is -2.38. The van der Waals surface area contributed by atoms with Crippen molar-refractivity contribution in [2.24, 2.45) is 0 Å². The number of para-hydroxylation sites is 1. The Hall–Kier alpha value is -3.27. The first-order chi connectivity index (χ1) is 13.3. The van der Waals surface area contributed by atoms with Crippen LogP contribution in [-0.4, -0.2) is 24.5 Å². The maximum atomic E-state index is 13.2. The van der Waals surface area contributed by atoms with Gasteiger partial charge in [0.25, 0.3) is 5.91 Å². The van der Waals surface area contributed by atoms with Crippen LogP contribution in [0.25, 0.3) is 0 Å². The number of benzene rings is 3. The van der Waals surface area contributed by atoms with Gasteiger partial charge in [-0.2, -0.15) is 0 Å². The zero-order chi connectivity index (χ0) is 18.6. The predicted molar refractivity (Wildman–Crippen MR) is 107 cm³/mol. The summed E-state index contributed by atoms with van der Waals surface area (Å²) in [6.07, 6.45) is 0.602. The Kier molecular flexibility index (Phi) is 4.79. The molecule has 4 heteroatoms. The number of nitrogens with one attached hydrogen (secondary N) is 1. The molecule has 0 saturated heterocycles. The van der Waals surface area contributed by atoms with E-state index in [1.54, 1.807) is 7.11 Å². The molecule has 136 valence electrons. The van der Waals surface area contributed by atoms with Crippen molar-refractivity contribution in [3.05, 3.63) is 95.6 Å². The van der Waals surface area contributed by atoms with Gasteiger partial charge in [0.15, 0.2) is 0 Å². The lowest BCUT2D eigenvalue weighted by atomic mass is 10.0. The number of carbonyl (C=O) groups excluding carboxylic acids is 1. The summed E-state index contributed by atoms with van der Waals surface area (Å²) in [6.45, 7) is 0.640. The summed E-state index contributed by atoms with van der Waals surface area (Å²) >= 11 is 0. The van der Waals surface area contributed by atoms with Crippen LogP contribution >= 0.6 is 0 Å². The highest BCUT2D eigenvalue weighted by molar-refractivity contribution is 6.01. The summed E-state index contributed by atoms with van der Waals surface area (Å²) in [6, 6.07) is 25.8. The van der Waals surface area contributed by atoms with Crippen LogP contribution in [0.2, 0.25) is 0 Å². The molecule has 1 aliphatic heterocycles. The average molecular weight is 358 g/mol. The Morgan fingerprint density at radius 1 is 0.926 bits per heavy atom. The van der Waals surface area contributed by atoms with Crippen molar-refractivity contribution in [2.75, 3.05) is 19.0 Å². The van der Waals surface area contributed by atoms with Crippen LogP contribution in [0.15, 0.2) is 78.9 Å². The number of hydrogen-bond acceptors (Lipinski definition) is 3. The van der Waals surface area contributed by atoms with Crippen LogP contribution in [0.5, 0.6) is 5.75 Å². The molecule has 4 rings (SSSR count). The molecule has 1 aliphatic rings. The van der Waals surface area contributed by atoms with E-state index in [0.29, 0.717) is 6.54 Å². The van der Waals surface area contributed by atoms with Gasteiger partial charge in [0.2, 0.25) is 0 Å². The molecule has 3 aromatic carbocycles. The Labute approximate surface area is 159 Å². The van der Waals surface area contributed by atoms with E-state index in [0.717, 1.165) is 29.0 Å². The lowest BCUT2D eigenvalue weighted by Crippen LogP contribution is -2.43. The number of rotatable bonds is 5. The minimum Gasteiger partial charge on any atom is -0.497 e. The maximum Gasteiger partial charge on any atom is 0.257 e. The van der Waals surface area contributed by atoms with Crippen molar-refractivity contribution in [3.8, 4) is 5.75 Å². The van der Waals surface area contributed by atoms with Gasteiger partial charge in [0, 0.05) is 12.2 Å². The Balaban J connectivity index is 1.65. The quantitative estimate of drug-likeness (QED) is 0.730. The third kappa shape index (κ3) is 3.51. The molecule has 4 nitrogen and oxygen atoms in total. The van der Waals surface area contributed by atoms with E-state index in [2.05, 4.69) is 17.4 Å². The molecule has 0 saturated carbocycles. The van der Waals surface area contributed by atoms with Crippen LogP contribution in [0.3, 0.4) is 0 Å². The molecule has 27 heavy (non-hydrogen) atoms. The summed E-state index contributed by atoms with van der Waals surface area (Å²) < 4.78 is 5.27. The van der Waals surface area contributed by atoms with Crippen LogP contribution in [-0.2, 0) is 6.42 Å². The summed E-state index contributed by atoms with van der Waals surface area (Å²) in [4.78, 5) is 15.1. The molecule has 0 radical (unpaired) electrons. The minimum atomic E-state index is -0.206. The topological polar surface area (TPSA) is 41.6 Å². The summed E-state index contributed by atoms with van der Waals surface area (Å²) in [5, 5.41) is 3.53. The van der Waals surface area contributed by atoms with E-state index in [1.807, 2.05) is 71.6 Å². The van der Waals surface area contributed by atoms with E-state index < -0.39 is 0 Å². The van der Waals surface area contributed by atoms with Crippen molar-refractivity contribution in [1.82, 2.24) is 4.90 Å². The van der Waals surface area contributed by atoms with Gasteiger partial charge >= 0.3 is 0 Å². The lowest BCUT2D eigenvalue weighted by molar-refractivity contribution is 0.0685. The molecule has 1 amide bonds. The van der Waals surface area contributed by atoms with E-state index in [1.165, 1.54) is 5.56 Å². The average Bonchev–Trinajstić information content (AvgIpc) is 2.74. The van der Waals surface area contributed by atoms with Gasteiger partial charge in [-0.15, -0.1) is 0 Å².